The summed E-state index contributed by atoms with van der Waals surface area (Å²) < 4.78 is 16.7. The lowest BCUT2D eigenvalue weighted by atomic mass is 10.0. The Balaban J connectivity index is 4.42. The van der Waals surface area contributed by atoms with Gasteiger partial charge >= 0.3 is 17.9 Å². The molecule has 1 atom stereocenters. The van der Waals surface area contributed by atoms with Gasteiger partial charge in [0.2, 0.25) is 0 Å². The molecule has 6 heteroatoms. The third-order valence-corrected chi connectivity index (χ3v) is 10.3. The summed E-state index contributed by atoms with van der Waals surface area (Å²) in [5.74, 6) is -0.922. The molecule has 0 aromatic heterocycles. The molecule has 0 aliphatic carbocycles. The Morgan fingerprint density at radius 2 is 0.684 bits per heavy atom. The topological polar surface area (TPSA) is 78.9 Å². The van der Waals surface area contributed by atoms with Crippen molar-refractivity contribution in [2.24, 2.45) is 0 Å². The first-order chi connectivity index (χ1) is 28.0. The van der Waals surface area contributed by atoms with Crippen molar-refractivity contribution in [1.29, 1.82) is 0 Å². The predicted octanol–water partition coefficient (Wildman–Crippen LogP) is 15.5. The molecule has 6 nitrogen and oxygen atoms in total. The van der Waals surface area contributed by atoms with Crippen molar-refractivity contribution in [2.45, 2.75) is 245 Å². The molecule has 0 aliphatic heterocycles. The van der Waals surface area contributed by atoms with Crippen molar-refractivity contribution in [3.63, 3.8) is 0 Å². The van der Waals surface area contributed by atoms with Gasteiger partial charge in [0.1, 0.15) is 13.2 Å². The Morgan fingerprint density at radius 1 is 0.368 bits per heavy atom. The van der Waals surface area contributed by atoms with Gasteiger partial charge in [0, 0.05) is 19.3 Å². The second kappa shape index (κ2) is 46.1. The van der Waals surface area contributed by atoms with Crippen molar-refractivity contribution in [1.82, 2.24) is 0 Å². The Kier molecular flexibility index (Phi) is 43.9. The molecule has 0 aromatic rings. The van der Waals surface area contributed by atoms with Crippen molar-refractivity contribution in [3.8, 4) is 0 Å². The summed E-state index contributed by atoms with van der Waals surface area (Å²) in [6.45, 7) is 6.48. The average Bonchev–Trinajstić information content (AvgIpc) is 3.21. The largest absolute Gasteiger partial charge is 0.462 e. The summed E-state index contributed by atoms with van der Waals surface area (Å²) in [5.41, 5.74) is 0. The summed E-state index contributed by atoms with van der Waals surface area (Å²) in [6, 6.07) is 0. The van der Waals surface area contributed by atoms with Gasteiger partial charge in [-0.25, -0.2) is 0 Å². The van der Waals surface area contributed by atoms with Crippen LogP contribution in [0.4, 0.5) is 0 Å². The molecule has 0 saturated heterocycles. The lowest BCUT2D eigenvalue weighted by Crippen LogP contribution is -2.30. The quantitative estimate of drug-likeness (QED) is 0.0265. The van der Waals surface area contributed by atoms with Crippen molar-refractivity contribution in [2.75, 3.05) is 13.2 Å². The molecule has 57 heavy (non-hydrogen) atoms. The lowest BCUT2D eigenvalue weighted by Gasteiger charge is -2.18. The molecule has 0 N–H and O–H groups in total. The minimum absolute atomic E-state index is 0.0830. The third-order valence-electron chi connectivity index (χ3n) is 10.3. The van der Waals surface area contributed by atoms with E-state index >= 15 is 0 Å². The van der Waals surface area contributed by atoms with Gasteiger partial charge in [0.05, 0.1) is 0 Å². The first-order valence-electron chi connectivity index (χ1n) is 24.1. The fraction of sp³-hybridized carbons (Fsp3) is 0.784. The standard InChI is InChI=1S/C51H90O6/c1-4-7-10-13-16-19-22-24-25-27-29-32-35-38-41-44-50(53)56-47-48(46-55-49(52)43-40-37-34-31-28-21-18-15-12-9-6-3)57-51(54)45-42-39-36-33-30-26-23-20-17-14-11-8-5-2/h7,10,16,19,24-25,29,32,48H,4-6,8-9,11-15,17-18,20-23,26-28,30-31,33-47H2,1-3H3/b10-7-,19-16-,25-24-,32-29-/t48-/m1/s1. The number of ether oxygens (including phenoxy) is 3. The summed E-state index contributed by atoms with van der Waals surface area (Å²) in [6.07, 6.45) is 53.8. The van der Waals surface area contributed by atoms with Crippen LogP contribution in [-0.4, -0.2) is 37.2 Å². The normalized spacial score (nSPS) is 12.4. The Hall–Kier alpha value is -2.63. The van der Waals surface area contributed by atoms with Gasteiger partial charge in [-0.05, 0) is 57.8 Å². The van der Waals surface area contributed by atoms with E-state index in [9.17, 15) is 14.4 Å². The van der Waals surface area contributed by atoms with E-state index in [-0.39, 0.29) is 31.1 Å². The number of rotatable bonds is 43. The highest BCUT2D eigenvalue weighted by molar-refractivity contribution is 5.71. The Bertz CT molecular complexity index is 1010. The van der Waals surface area contributed by atoms with Gasteiger partial charge < -0.3 is 14.2 Å². The second-order valence-electron chi connectivity index (χ2n) is 16.0. The molecule has 0 unspecified atom stereocenters. The zero-order chi connectivity index (χ0) is 41.5. The lowest BCUT2D eigenvalue weighted by molar-refractivity contribution is -0.167. The smallest absolute Gasteiger partial charge is 0.306 e. The SMILES string of the molecule is CC/C=C\C/C=C\C/C=C\C/C=C\CCCCC(=O)OC[C@@H](COC(=O)CCCCCCCCCCCCC)OC(=O)CCCCCCCCCCCCCCC. The highest BCUT2D eigenvalue weighted by atomic mass is 16.6. The van der Waals surface area contributed by atoms with E-state index in [0.29, 0.717) is 19.3 Å². The third kappa shape index (κ3) is 44.3. The first kappa shape index (κ1) is 54.4. The molecule has 0 saturated carbocycles. The predicted molar refractivity (Wildman–Crippen MR) is 242 cm³/mol. The van der Waals surface area contributed by atoms with Crippen LogP contribution in [0, 0.1) is 0 Å². The molecular weight excluding hydrogens is 709 g/mol. The number of hydrogen-bond donors (Lipinski definition) is 0. The Labute approximate surface area is 352 Å². The van der Waals surface area contributed by atoms with Crippen LogP contribution in [0.5, 0.6) is 0 Å². The average molecular weight is 799 g/mol. The fourth-order valence-electron chi connectivity index (χ4n) is 6.73. The van der Waals surface area contributed by atoms with E-state index in [1.165, 1.54) is 116 Å². The molecule has 0 amide bonds. The monoisotopic (exact) mass is 799 g/mol. The maximum absolute atomic E-state index is 12.7. The zero-order valence-corrected chi connectivity index (χ0v) is 37.6. The minimum Gasteiger partial charge on any atom is -0.462 e. The van der Waals surface area contributed by atoms with Gasteiger partial charge in [-0.1, -0.05) is 211 Å². The van der Waals surface area contributed by atoms with Gasteiger partial charge in [-0.15, -0.1) is 0 Å². The van der Waals surface area contributed by atoms with Crippen LogP contribution in [0.15, 0.2) is 48.6 Å². The van der Waals surface area contributed by atoms with Crippen LogP contribution in [0.3, 0.4) is 0 Å². The maximum atomic E-state index is 12.7. The van der Waals surface area contributed by atoms with E-state index in [1.807, 2.05) is 0 Å². The molecule has 0 rings (SSSR count). The summed E-state index contributed by atoms with van der Waals surface area (Å²) in [4.78, 5) is 37.8. The molecule has 0 fully saturated rings. The van der Waals surface area contributed by atoms with E-state index in [1.54, 1.807) is 0 Å². The van der Waals surface area contributed by atoms with Crippen molar-refractivity contribution < 1.29 is 28.6 Å². The second-order valence-corrected chi connectivity index (χ2v) is 16.0. The maximum Gasteiger partial charge on any atom is 0.306 e. The summed E-state index contributed by atoms with van der Waals surface area (Å²) in [7, 11) is 0. The molecule has 0 radical (unpaired) electrons. The molecule has 330 valence electrons. The van der Waals surface area contributed by atoms with E-state index < -0.39 is 6.10 Å². The summed E-state index contributed by atoms with van der Waals surface area (Å²) in [5, 5.41) is 0. The fourth-order valence-corrected chi connectivity index (χ4v) is 6.73. The van der Waals surface area contributed by atoms with Crippen molar-refractivity contribution >= 4 is 17.9 Å². The van der Waals surface area contributed by atoms with E-state index in [4.69, 9.17) is 14.2 Å². The molecule has 0 aromatic carbocycles. The number of esters is 3. The van der Waals surface area contributed by atoms with Crippen LogP contribution in [-0.2, 0) is 28.6 Å². The van der Waals surface area contributed by atoms with E-state index in [0.717, 1.165) is 83.5 Å². The van der Waals surface area contributed by atoms with Crippen LogP contribution in [0.25, 0.3) is 0 Å². The van der Waals surface area contributed by atoms with Crippen LogP contribution >= 0.6 is 0 Å². The van der Waals surface area contributed by atoms with Crippen molar-refractivity contribution in [3.05, 3.63) is 48.6 Å². The molecule has 0 spiro atoms. The molecule has 0 aliphatic rings. The molecule has 0 heterocycles. The van der Waals surface area contributed by atoms with Crippen LogP contribution in [0.1, 0.15) is 239 Å². The number of allylic oxidation sites excluding steroid dienone is 8. The molecule has 0 bridgehead atoms. The van der Waals surface area contributed by atoms with Gasteiger partial charge in [0.15, 0.2) is 6.10 Å². The van der Waals surface area contributed by atoms with Gasteiger partial charge in [-0.3, -0.25) is 14.4 Å². The van der Waals surface area contributed by atoms with E-state index in [2.05, 4.69) is 69.4 Å². The minimum atomic E-state index is -0.783. The number of unbranched alkanes of at least 4 members (excludes halogenated alkanes) is 24. The Morgan fingerprint density at radius 3 is 1.07 bits per heavy atom. The highest BCUT2D eigenvalue weighted by Gasteiger charge is 2.19. The molecular formula is C51H90O6. The van der Waals surface area contributed by atoms with Gasteiger partial charge in [-0.2, -0.15) is 0 Å². The number of hydrogen-bond acceptors (Lipinski definition) is 6. The zero-order valence-electron chi connectivity index (χ0n) is 37.6. The highest BCUT2D eigenvalue weighted by Crippen LogP contribution is 2.15. The number of carbonyl (C=O) groups excluding carboxylic acids is 3. The summed E-state index contributed by atoms with van der Waals surface area (Å²) >= 11 is 0. The first-order valence-corrected chi connectivity index (χ1v) is 24.1. The van der Waals surface area contributed by atoms with Crippen LogP contribution < -0.4 is 0 Å². The number of carbonyl (C=O) groups is 3. The van der Waals surface area contributed by atoms with Gasteiger partial charge in [0.25, 0.3) is 0 Å². The van der Waals surface area contributed by atoms with Crippen LogP contribution in [0.2, 0.25) is 0 Å².